The molecule has 3 aromatic rings. The molecule has 0 spiro atoms. The van der Waals surface area contributed by atoms with Crippen molar-refractivity contribution in [2.45, 2.75) is 19.9 Å². The smallest absolute Gasteiger partial charge is 0.228 e. The Kier molecular flexibility index (Phi) is 5.88. The highest BCUT2D eigenvalue weighted by atomic mass is 16.1. The summed E-state index contributed by atoms with van der Waals surface area (Å²) in [5, 5.41) is 6.44. The molecule has 0 aliphatic heterocycles. The molecule has 0 amide bonds. The van der Waals surface area contributed by atoms with Gasteiger partial charge in [-0.3, -0.25) is 4.79 Å². The van der Waals surface area contributed by atoms with Gasteiger partial charge in [0.2, 0.25) is 11.9 Å². The van der Waals surface area contributed by atoms with Crippen molar-refractivity contribution in [1.29, 1.82) is 0 Å². The van der Waals surface area contributed by atoms with Crippen molar-refractivity contribution in [3.05, 3.63) is 77.1 Å². The van der Waals surface area contributed by atoms with Gasteiger partial charge in [-0.15, -0.1) is 0 Å². The summed E-state index contributed by atoms with van der Waals surface area (Å²) in [5.74, 6) is 1.74. The molecule has 0 atom stereocenters. The monoisotopic (exact) mass is 347 g/mol. The van der Waals surface area contributed by atoms with Crippen LogP contribution in [0.4, 0.5) is 11.9 Å². The third-order valence-electron chi connectivity index (χ3n) is 3.85. The molecule has 1 aromatic heterocycles. The van der Waals surface area contributed by atoms with E-state index in [-0.39, 0.29) is 0 Å². The quantitative estimate of drug-likeness (QED) is 0.609. The first kappa shape index (κ1) is 17.5. The van der Waals surface area contributed by atoms with Crippen molar-refractivity contribution in [3.8, 4) is 0 Å². The lowest BCUT2D eigenvalue weighted by molar-refractivity contribution is 0.112. The number of benzene rings is 2. The molecule has 0 saturated heterocycles. The first-order chi connectivity index (χ1) is 12.7. The summed E-state index contributed by atoms with van der Waals surface area (Å²) < 4.78 is 0. The number of anilines is 2. The summed E-state index contributed by atoms with van der Waals surface area (Å²) in [6.45, 7) is 3.17. The Labute approximate surface area is 152 Å². The van der Waals surface area contributed by atoms with Crippen LogP contribution in [0.25, 0.3) is 0 Å². The second-order valence-electron chi connectivity index (χ2n) is 5.91. The molecule has 6 nitrogen and oxygen atoms in total. The molecule has 0 fully saturated rings. The number of aldehydes is 1. The van der Waals surface area contributed by atoms with Crippen LogP contribution in [0, 0.1) is 6.92 Å². The van der Waals surface area contributed by atoms with Crippen molar-refractivity contribution in [3.63, 3.8) is 0 Å². The molecular formula is C20H21N5O. The van der Waals surface area contributed by atoms with E-state index in [0.29, 0.717) is 29.8 Å². The van der Waals surface area contributed by atoms with E-state index in [4.69, 9.17) is 0 Å². The average Bonchev–Trinajstić information content (AvgIpc) is 2.67. The number of aromatic nitrogens is 3. The lowest BCUT2D eigenvalue weighted by Gasteiger charge is -2.09. The van der Waals surface area contributed by atoms with E-state index in [1.54, 1.807) is 12.1 Å². The highest BCUT2D eigenvalue weighted by molar-refractivity contribution is 5.74. The molecule has 3 rings (SSSR count). The number of hydrogen-bond acceptors (Lipinski definition) is 6. The fraction of sp³-hybridized carbons (Fsp3) is 0.200. The molecule has 0 aliphatic carbocycles. The Hall–Kier alpha value is -3.28. The van der Waals surface area contributed by atoms with E-state index in [0.717, 1.165) is 24.8 Å². The Morgan fingerprint density at radius 2 is 1.54 bits per heavy atom. The number of carbonyl (C=O) groups excluding carboxylic acids is 1. The summed E-state index contributed by atoms with van der Waals surface area (Å²) in [5.41, 5.74) is 2.98. The number of nitrogens with one attached hydrogen (secondary N) is 2. The molecule has 0 radical (unpaired) electrons. The number of carbonyl (C=O) groups is 1. The van der Waals surface area contributed by atoms with E-state index in [1.807, 2.05) is 37.3 Å². The van der Waals surface area contributed by atoms with Gasteiger partial charge < -0.3 is 10.6 Å². The van der Waals surface area contributed by atoms with E-state index in [1.165, 1.54) is 5.56 Å². The summed E-state index contributed by atoms with van der Waals surface area (Å²) in [6.07, 6.45) is 1.73. The Balaban J connectivity index is 1.57. The van der Waals surface area contributed by atoms with Crippen LogP contribution in [0.3, 0.4) is 0 Å². The van der Waals surface area contributed by atoms with Gasteiger partial charge in [0.15, 0.2) is 0 Å². The predicted octanol–water partition coefficient (Wildman–Crippen LogP) is 3.26. The van der Waals surface area contributed by atoms with E-state index in [9.17, 15) is 4.79 Å². The highest BCUT2D eigenvalue weighted by Gasteiger charge is 2.04. The summed E-state index contributed by atoms with van der Waals surface area (Å²) in [6, 6.07) is 17.7. The highest BCUT2D eigenvalue weighted by Crippen LogP contribution is 2.09. The first-order valence-corrected chi connectivity index (χ1v) is 8.51. The fourth-order valence-corrected chi connectivity index (χ4v) is 2.50. The second kappa shape index (κ2) is 8.71. The molecule has 0 unspecified atom stereocenters. The Bertz CT molecular complexity index is 850. The maximum absolute atomic E-state index is 10.7. The van der Waals surface area contributed by atoms with Gasteiger partial charge in [0, 0.05) is 18.7 Å². The van der Waals surface area contributed by atoms with Crippen LogP contribution >= 0.6 is 0 Å². The predicted molar refractivity (Wildman–Crippen MR) is 102 cm³/mol. The van der Waals surface area contributed by atoms with Crippen LogP contribution in [0.1, 0.15) is 27.3 Å². The van der Waals surface area contributed by atoms with Gasteiger partial charge in [0.25, 0.3) is 0 Å². The summed E-state index contributed by atoms with van der Waals surface area (Å²) in [7, 11) is 0. The topological polar surface area (TPSA) is 79.8 Å². The number of rotatable bonds is 8. The second-order valence-corrected chi connectivity index (χ2v) is 5.91. The molecule has 132 valence electrons. The largest absolute Gasteiger partial charge is 0.354 e. The molecule has 26 heavy (non-hydrogen) atoms. The van der Waals surface area contributed by atoms with Gasteiger partial charge in [-0.05, 0) is 24.5 Å². The van der Waals surface area contributed by atoms with Crippen molar-refractivity contribution in [1.82, 2.24) is 15.0 Å². The minimum atomic E-state index is 0.527. The van der Waals surface area contributed by atoms with Gasteiger partial charge >= 0.3 is 0 Å². The molecule has 2 N–H and O–H groups in total. The molecule has 0 aliphatic rings. The molecule has 6 heteroatoms. The van der Waals surface area contributed by atoms with Gasteiger partial charge in [-0.2, -0.15) is 15.0 Å². The van der Waals surface area contributed by atoms with Crippen LogP contribution < -0.4 is 10.6 Å². The van der Waals surface area contributed by atoms with Crippen molar-refractivity contribution < 1.29 is 4.79 Å². The lowest BCUT2D eigenvalue weighted by Crippen LogP contribution is -2.12. The Morgan fingerprint density at radius 1 is 0.846 bits per heavy atom. The SMILES string of the molecule is Cc1nc(NCCc2ccccc2)nc(NCc2ccc(C=O)cc2)n1. The number of aryl methyl sites for hydroxylation is 1. The Morgan fingerprint density at radius 3 is 2.23 bits per heavy atom. The standard InChI is InChI=1S/C20H21N5O/c1-15-23-19(21-12-11-16-5-3-2-4-6-16)25-20(24-15)22-13-17-7-9-18(14-26)10-8-17/h2-10,14H,11-13H2,1H3,(H2,21,22,23,24,25). The minimum Gasteiger partial charge on any atom is -0.354 e. The van der Waals surface area contributed by atoms with E-state index < -0.39 is 0 Å². The number of hydrogen-bond donors (Lipinski definition) is 2. The van der Waals surface area contributed by atoms with Crippen molar-refractivity contribution in [2.75, 3.05) is 17.2 Å². The molecule has 1 heterocycles. The average molecular weight is 347 g/mol. The zero-order valence-corrected chi connectivity index (χ0v) is 14.6. The first-order valence-electron chi connectivity index (χ1n) is 8.51. The lowest BCUT2D eigenvalue weighted by atomic mass is 10.1. The maximum Gasteiger partial charge on any atom is 0.228 e. The van der Waals surface area contributed by atoms with Gasteiger partial charge in [0.05, 0.1) is 0 Å². The van der Waals surface area contributed by atoms with Gasteiger partial charge in [-0.25, -0.2) is 0 Å². The van der Waals surface area contributed by atoms with E-state index in [2.05, 4.69) is 37.7 Å². The van der Waals surface area contributed by atoms with Crippen LogP contribution in [0.15, 0.2) is 54.6 Å². The van der Waals surface area contributed by atoms with Crippen LogP contribution in [0.5, 0.6) is 0 Å². The molecular weight excluding hydrogens is 326 g/mol. The minimum absolute atomic E-state index is 0.527. The molecule has 0 saturated carbocycles. The normalized spacial score (nSPS) is 10.3. The van der Waals surface area contributed by atoms with Crippen LogP contribution in [-0.4, -0.2) is 27.8 Å². The zero-order chi connectivity index (χ0) is 18.2. The summed E-state index contributed by atoms with van der Waals surface area (Å²) in [4.78, 5) is 23.8. The summed E-state index contributed by atoms with van der Waals surface area (Å²) >= 11 is 0. The maximum atomic E-state index is 10.7. The van der Waals surface area contributed by atoms with Crippen molar-refractivity contribution in [2.24, 2.45) is 0 Å². The molecule has 0 bridgehead atoms. The van der Waals surface area contributed by atoms with Gasteiger partial charge in [0.1, 0.15) is 12.1 Å². The third-order valence-corrected chi connectivity index (χ3v) is 3.85. The van der Waals surface area contributed by atoms with Crippen molar-refractivity contribution >= 4 is 18.2 Å². The van der Waals surface area contributed by atoms with Crippen LogP contribution in [-0.2, 0) is 13.0 Å². The van der Waals surface area contributed by atoms with Crippen LogP contribution in [0.2, 0.25) is 0 Å². The number of nitrogens with zero attached hydrogens (tertiary/aromatic N) is 3. The zero-order valence-electron chi connectivity index (χ0n) is 14.6. The molecule has 2 aromatic carbocycles. The van der Waals surface area contributed by atoms with E-state index >= 15 is 0 Å². The third kappa shape index (κ3) is 5.11. The van der Waals surface area contributed by atoms with Gasteiger partial charge in [-0.1, -0.05) is 54.6 Å². The fourth-order valence-electron chi connectivity index (χ4n) is 2.50.